The normalized spacial score (nSPS) is 10.9. The Balaban J connectivity index is 1.47. The van der Waals surface area contributed by atoms with Crippen LogP contribution in [-0.4, -0.2) is 22.0 Å². The van der Waals surface area contributed by atoms with Crippen molar-refractivity contribution in [1.82, 2.24) is 14.9 Å². The largest absolute Gasteiger partial charge is 0.352 e. The molecule has 0 unspecified atom stereocenters. The first kappa shape index (κ1) is 19.8. The molecule has 0 spiro atoms. The fourth-order valence-corrected chi connectivity index (χ4v) is 3.25. The highest BCUT2D eigenvalue weighted by molar-refractivity contribution is 5.94. The number of imidazole rings is 1. The van der Waals surface area contributed by atoms with Crippen LogP contribution in [0.25, 0.3) is 11.0 Å². The Morgan fingerprint density at radius 3 is 2.61 bits per heavy atom. The van der Waals surface area contributed by atoms with E-state index in [1.54, 1.807) is 0 Å². The Labute approximate surface area is 165 Å². The Kier molecular flexibility index (Phi) is 6.58. The molecule has 0 aliphatic rings. The summed E-state index contributed by atoms with van der Waals surface area (Å²) >= 11 is 0. The van der Waals surface area contributed by atoms with Crippen LogP contribution in [0, 0.1) is 5.82 Å². The van der Waals surface area contributed by atoms with Gasteiger partial charge in [-0.05, 0) is 56.2 Å². The van der Waals surface area contributed by atoms with Gasteiger partial charge in [-0.25, -0.2) is 9.37 Å². The third-order valence-electron chi connectivity index (χ3n) is 4.63. The Morgan fingerprint density at radius 1 is 1.11 bits per heavy atom. The number of carbonyl (C=O) groups excluding carboxylic acids is 1. The predicted octanol–water partition coefficient (Wildman–Crippen LogP) is 4.89. The van der Waals surface area contributed by atoms with Gasteiger partial charge in [-0.3, -0.25) is 4.79 Å². The van der Waals surface area contributed by atoms with Gasteiger partial charge in [-0.1, -0.05) is 30.7 Å². The molecule has 1 amide bonds. The molecule has 0 bridgehead atoms. The summed E-state index contributed by atoms with van der Waals surface area (Å²) in [7, 11) is 0. The molecule has 0 aliphatic heterocycles. The molecule has 1 N–H and O–H groups in total. The van der Waals surface area contributed by atoms with Crippen LogP contribution in [0.4, 0.5) is 4.39 Å². The minimum Gasteiger partial charge on any atom is -0.352 e. The topological polar surface area (TPSA) is 46.9 Å². The number of unbranched alkanes of at least 4 members (excludes halogenated alkanes) is 2. The van der Waals surface area contributed by atoms with Crippen LogP contribution >= 0.6 is 0 Å². The van der Waals surface area contributed by atoms with Gasteiger partial charge in [0.1, 0.15) is 11.6 Å². The van der Waals surface area contributed by atoms with E-state index in [0.717, 1.165) is 54.7 Å². The summed E-state index contributed by atoms with van der Waals surface area (Å²) < 4.78 is 15.1. The third kappa shape index (κ3) is 5.06. The lowest BCUT2D eigenvalue weighted by Gasteiger charge is -2.09. The van der Waals surface area contributed by atoms with Gasteiger partial charge < -0.3 is 9.88 Å². The van der Waals surface area contributed by atoms with Gasteiger partial charge in [0, 0.05) is 25.1 Å². The van der Waals surface area contributed by atoms with Crippen LogP contribution in [0.3, 0.4) is 0 Å². The van der Waals surface area contributed by atoms with Crippen molar-refractivity contribution in [3.8, 4) is 0 Å². The molecule has 3 rings (SSSR count). The van der Waals surface area contributed by atoms with E-state index in [0.29, 0.717) is 12.1 Å². The summed E-state index contributed by atoms with van der Waals surface area (Å²) in [5.74, 6) is 0.581. The van der Waals surface area contributed by atoms with E-state index in [4.69, 9.17) is 4.98 Å². The molecule has 0 atom stereocenters. The maximum Gasteiger partial charge on any atom is 0.251 e. The lowest BCUT2D eigenvalue weighted by molar-refractivity contribution is 0.0953. The van der Waals surface area contributed by atoms with Crippen molar-refractivity contribution in [3.05, 3.63) is 77.9 Å². The number of para-hydroxylation sites is 2. The number of fused-ring (bicyclic) bond motifs is 1. The van der Waals surface area contributed by atoms with E-state index in [9.17, 15) is 9.18 Å². The molecule has 1 heterocycles. The zero-order chi connectivity index (χ0) is 19.9. The molecule has 146 valence electrons. The van der Waals surface area contributed by atoms with Crippen LogP contribution in [0.15, 0.2) is 60.7 Å². The number of aryl methyl sites for hydroxylation is 1. The van der Waals surface area contributed by atoms with E-state index in [1.165, 1.54) is 24.3 Å². The average Bonchev–Trinajstić information content (AvgIpc) is 3.02. The standard InChI is InChI=1S/C23H26FN3O/c1-17(2)16-27-21-9-6-5-8-20(21)26-22(27)10-4-3-7-15-25-23(28)18-11-13-19(24)14-12-18/h5-6,8-9,11-14H,1,3-4,7,10,15-16H2,2H3,(H,25,28). The molecule has 0 aliphatic carbocycles. The lowest BCUT2D eigenvalue weighted by atomic mass is 10.1. The molecule has 4 nitrogen and oxygen atoms in total. The van der Waals surface area contributed by atoms with Crippen LogP contribution < -0.4 is 5.32 Å². The summed E-state index contributed by atoms with van der Waals surface area (Å²) in [6.45, 7) is 7.46. The van der Waals surface area contributed by atoms with Gasteiger partial charge in [0.2, 0.25) is 0 Å². The van der Waals surface area contributed by atoms with Crippen molar-refractivity contribution in [2.75, 3.05) is 6.54 Å². The predicted molar refractivity (Wildman–Crippen MR) is 111 cm³/mol. The molecule has 0 saturated heterocycles. The summed E-state index contributed by atoms with van der Waals surface area (Å²) in [4.78, 5) is 16.8. The smallest absolute Gasteiger partial charge is 0.251 e. The fraction of sp³-hybridized carbons (Fsp3) is 0.304. The Hall–Kier alpha value is -2.95. The number of hydrogen-bond donors (Lipinski definition) is 1. The van der Waals surface area contributed by atoms with Gasteiger partial charge >= 0.3 is 0 Å². The van der Waals surface area contributed by atoms with E-state index in [-0.39, 0.29) is 11.7 Å². The highest BCUT2D eigenvalue weighted by Gasteiger charge is 2.10. The molecule has 1 aromatic heterocycles. The summed E-state index contributed by atoms with van der Waals surface area (Å²) in [6.07, 6.45) is 3.80. The SMILES string of the molecule is C=C(C)Cn1c(CCCCCNC(=O)c2ccc(F)cc2)nc2ccccc21. The van der Waals surface area contributed by atoms with Gasteiger partial charge in [-0.15, -0.1) is 0 Å². The minimum absolute atomic E-state index is 0.164. The Bertz CT molecular complexity index is 960. The summed E-state index contributed by atoms with van der Waals surface area (Å²) in [6, 6.07) is 13.8. The number of hydrogen-bond acceptors (Lipinski definition) is 2. The zero-order valence-electron chi connectivity index (χ0n) is 16.2. The number of amides is 1. The van der Waals surface area contributed by atoms with E-state index in [2.05, 4.69) is 22.5 Å². The first-order valence-corrected chi connectivity index (χ1v) is 9.67. The van der Waals surface area contributed by atoms with Crippen molar-refractivity contribution < 1.29 is 9.18 Å². The number of halogens is 1. The highest BCUT2D eigenvalue weighted by atomic mass is 19.1. The third-order valence-corrected chi connectivity index (χ3v) is 4.63. The summed E-state index contributed by atoms with van der Waals surface area (Å²) in [5.41, 5.74) is 3.75. The van der Waals surface area contributed by atoms with Crippen LogP contribution in [0.2, 0.25) is 0 Å². The van der Waals surface area contributed by atoms with Crippen molar-refractivity contribution >= 4 is 16.9 Å². The second-order valence-electron chi connectivity index (χ2n) is 7.13. The van der Waals surface area contributed by atoms with E-state index in [1.807, 2.05) is 25.1 Å². The number of aromatic nitrogens is 2. The van der Waals surface area contributed by atoms with Crippen molar-refractivity contribution in [2.45, 2.75) is 39.2 Å². The van der Waals surface area contributed by atoms with E-state index < -0.39 is 0 Å². The minimum atomic E-state index is -0.339. The quantitative estimate of drug-likeness (QED) is 0.425. The van der Waals surface area contributed by atoms with Crippen LogP contribution in [0.5, 0.6) is 0 Å². The van der Waals surface area contributed by atoms with Gasteiger partial charge in [0.25, 0.3) is 5.91 Å². The summed E-state index contributed by atoms with van der Waals surface area (Å²) in [5, 5.41) is 2.88. The van der Waals surface area contributed by atoms with Gasteiger partial charge in [0.05, 0.1) is 11.0 Å². The molecular formula is C23H26FN3O. The number of allylic oxidation sites excluding steroid dienone is 1. The molecule has 28 heavy (non-hydrogen) atoms. The maximum atomic E-state index is 12.9. The van der Waals surface area contributed by atoms with E-state index >= 15 is 0 Å². The monoisotopic (exact) mass is 379 g/mol. The molecule has 0 saturated carbocycles. The van der Waals surface area contributed by atoms with Crippen molar-refractivity contribution in [2.24, 2.45) is 0 Å². The van der Waals surface area contributed by atoms with Crippen molar-refractivity contribution in [3.63, 3.8) is 0 Å². The number of nitrogens with zero attached hydrogens (tertiary/aromatic N) is 2. The molecule has 0 fully saturated rings. The molecule has 2 aromatic carbocycles. The molecule has 0 radical (unpaired) electrons. The molecule has 5 heteroatoms. The van der Waals surface area contributed by atoms with Crippen molar-refractivity contribution in [1.29, 1.82) is 0 Å². The fourth-order valence-electron chi connectivity index (χ4n) is 3.25. The molecular weight excluding hydrogens is 353 g/mol. The van der Waals surface area contributed by atoms with Gasteiger partial charge in [0.15, 0.2) is 0 Å². The molecule has 3 aromatic rings. The second-order valence-corrected chi connectivity index (χ2v) is 7.13. The Morgan fingerprint density at radius 2 is 1.86 bits per heavy atom. The van der Waals surface area contributed by atoms with Crippen LogP contribution in [0.1, 0.15) is 42.4 Å². The van der Waals surface area contributed by atoms with Crippen LogP contribution in [-0.2, 0) is 13.0 Å². The lowest BCUT2D eigenvalue weighted by Crippen LogP contribution is -2.24. The number of carbonyl (C=O) groups is 1. The zero-order valence-corrected chi connectivity index (χ0v) is 16.2. The number of benzene rings is 2. The van der Waals surface area contributed by atoms with Gasteiger partial charge in [-0.2, -0.15) is 0 Å². The first-order chi connectivity index (χ1) is 13.5. The number of nitrogens with one attached hydrogen (secondary N) is 1. The average molecular weight is 379 g/mol. The first-order valence-electron chi connectivity index (χ1n) is 9.67. The maximum absolute atomic E-state index is 12.9. The second kappa shape index (κ2) is 9.31. The highest BCUT2D eigenvalue weighted by Crippen LogP contribution is 2.19. The number of rotatable bonds is 9.